The first-order valence-corrected chi connectivity index (χ1v) is 13.2. The number of carbonyl (C=O) groups excluding carboxylic acids is 3. The number of carbonyl (C=O) groups is 3. The Bertz CT molecular complexity index is 1560. The summed E-state index contributed by atoms with van der Waals surface area (Å²) in [7, 11) is 0. The summed E-state index contributed by atoms with van der Waals surface area (Å²) in [6.07, 6.45) is 4.16. The highest BCUT2D eigenvalue weighted by atomic mass is 79.9. The lowest BCUT2D eigenvalue weighted by Crippen LogP contribution is -2.53. The van der Waals surface area contributed by atoms with E-state index in [-0.39, 0.29) is 12.1 Å². The fraction of sp³-hybridized carbons (Fsp3) is 0.138. The molecule has 38 heavy (non-hydrogen) atoms. The van der Waals surface area contributed by atoms with Gasteiger partial charge < -0.3 is 9.30 Å². The Morgan fingerprint density at radius 2 is 1.74 bits per heavy atom. The molecule has 1 aliphatic heterocycles. The van der Waals surface area contributed by atoms with Crippen molar-refractivity contribution in [2.24, 2.45) is 0 Å². The van der Waals surface area contributed by atoms with Crippen LogP contribution in [-0.4, -0.2) is 33.9 Å². The largest absolute Gasteiger partial charge is 0.492 e. The second-order valence-corrected chi connectivity index (χ2v) is 10.1. The van der Waals surface area contributed by atoms with Crippen molar-refractivity contribution < 1.29 is 19.1 Å². The maximum absolute atomic E-state index is 13.3. The van der Waals surface area contributed by atoms with E-state index in [4.69, 9.17) is 16.3 Å². The number of fused-ring (bicyclic) bond motifs is 1. The molecule has 0 saturated carbocycles. The Kier molecular flexibility index (Phi) is 7.62. The number of rotatable bonds is 8. The number of para-hydroxylation sites is 1. The Balaban J connectivity index is 1.40. The molecule has 3 aromatic carbocycles. The fourth-order valence-electron chi connectivity index (χ4n) is 4.33. The van der Waals surface area contributed by atoms with Crippen molar-refractivity contribution in [3.05, 3.63) is 105 Å². The number of hydrogen-bond donors (Lipinski definition) is 1. The van der Waals surface area contributed by atoms with Crippen LogP contribution < -0.4 is 10.1 Å². The highest BCUT2D eigenvalue weighted by Gasteiger charge is 2.35. The molecule has 0 aliphatic carbocycles. The van der Waals surface area contributed by atoms with Gasteiger partial charge in [0, 0.05) is 33.7 Å². The number of urea groups is 1. The molecule has 0 radical (unpaired) electrons. The second kappa shape index (κ2) is 11.2. The molecule has 0 unspecified atom stereocenters. The second-order valence-electron chi connectivity index (χ2n) is 8.77. The molecule has 1 fully saturated rings. The first-order valence-electron chi connectivity index (χ1n) is 12.0. The molecule has 5 rings (SSSR count). The van der Waals surface area contributed by atoms with Crippen LogP contribution in [-0.2, 0) is 22.7 Å². The van der Waals surface area contributed by atoms with Gasteiger partial charge in [0.25, 0.3) is 11.8 Å². The zero-order valence-electron chi connectivity index (χ0n) is 20.2. The number of amides is 4. The lowest BCUT2D eigenvalue weighted by atomic mass is 10.1. The summed E-state index contributed by atoms with van der Waals surface area (Å²) in [5, 5.41) is 3.72. The summed E-state index contributed by atoms with van der Waals surface area (Å²) in [6.45, 7) is 1.17. The highest BCUT2D eigenvalue weighted by molar-refractivity contribution is 9.10. The van der Waals surface area contributed by atoms with Crippen molar-refractivity contribution in [3.8, 4) is 5.75 Å². The molecular weight excluding hydrogens is 570 g/mol. The van der Waals surface area contributed by atoms with Gasteiger partial charge >= 0.3 is 6.03 Å². The van der Waals surface area contributed by atoms with E-state index in [1.54, 1.807) is 12.1 Å². The number of hydrogen-bond acceptors (Lipinski definition) is 4. The molecule has 4 aromatic rings. The number of imide groups is 2. The molecule has 1 saturated heterocycles. The molecular formula is C29H23BrClN3O4. The minimum Gasteiger partial charge on any atom is -0.492 e. The summed E-state index contributed by atoms with van der Waals surface area (Å²) in [4.78, 5) is 39.5. The fourth-order valence-corrected chi connectivity index (χ4v) is 4.89. The zero-order valence-corrected chi connectivity index (χ0v) is 22.5. The van der Waals surface area contributed by atoms with Crippen molar-refractivity contribution >= 4 is 62.4 Å². The van der Waals surface area contributed by atoms with Gasteiger partial charge in [0.05, 0.1) is 18.2 Å². The molecule has 7 nitrogen and oxygen atoms in total. The van der Waals surface area contributed by atoms with E-state index in [9.17, 15) is 14.4 Å². The number of nitrogens with one attached hydrogen (secondary N) is 1. The van der Waals surface area contributed by atoms with E-state index >= 15 is 0 Å². The minimum atomic E-state index is -0.732. The van der Waals surface area contributed by atoms with Crippen molar-refractivity contribution in [2.45, 2.75) is 19.5 Å². The molecule has 4 amide bonds. The Labute approximate surface area is 232 Å². The topological polar surface area (TPSA) is 80.6 Å². The summed E-state index contributed by atoms with van der Waals surface area (Å²) < 4.78 is 8.74. The van der Waals surface area contributed by atoms with E-state index in [0.29, 0.717) is 35.9 Å². The van der Waals surface area contributed by atoms with Gasteiger partial charge in [-0.15, -0.1) is 0 Å². The van der Waals surface area contributed by atoms with E-state index in [2.05, 4.69) is 25.8 Å². The third kappa shape index (κ3) is 5.51. The SMILES string of the molecule is O=C1NC(=O)N(Cc2ccccc2)C(=O)/C1=C/c1cn(CCCOc2ccccc2Cl)c2ccc(Br)cc12. The van der Waals surface area contributed by atoms with Crippen LogP contribution in [0.3, 0.4) is 0 Å². The molecule has 1 aromatic heterocycles. The number of benzene rings is 3. The van der Waals surface area contributed by atoms with Crippen molar-refractivity contribution in [3.63, 3.8) is 0 Å². The van der Waals surface area contributed by atoms with Gasteiger partial charge in [-0.3, -0.25) is 19.8 Å². The monoisotopic (exact) mass is 591 g/mol. The molecule has 0 spiro atoms. The Hall–Kier alpha value is -3.88. The van der Waals surface area contributed by atoms with E-state index in [1.807, 2.05) is 72.9 Å². The van der Waals surface area contributed by atoms with Gasteiger partial charge in [-0.25, -0.2) is 4.79 Å². The lowest BCUT2D eigenvalue weighted by Gasteiger charge is -2.26. The van der Waals surface area contributed by atoms with Crippen LogP contribution in [0.5, 0.6) is 5.75 Å². The third-order valence-corrected chi connectivity index (χ3v) is 6.99. The van der Waals surface area contributed by atoms with Crippen molar-refractivity contribution in [2.75, 3.05) is 6.61 Å². The Morgan fingerprint density at radius 3 is 2.53 bits per heavy atom. The van der Waals surface area contributed by atoms with Gasteiger partial charge in [0.1, 0.15) is 11.3 Å². The summed E-state index contributed by atoms with van der Waals surface area (Å²) >= 11 is 9.69. The lowest BCUT2D eigenvalue weighted by molar-refractivity contribution is -0.130. The highest BCUT2D eigenvalue weighted by Crippen LogP contribution is 2.29. The molecule has 0 atom stereocenters. The van der Waals surface area contributed by atoms with E-state index < -0.39 is 17.8 Å². The molecule has 1 aliphatic rings. The first kappa shape index (κ1) is 25.8. The van der Waals surface area contributed by atoms with Crippen LogP contribution >= 0.6 is 27.5 Å². The summed E-state index contributed by atoms with van der Waals surface area (Å²) in [6, 6.07) is 21.6. The molecule has 0 bridgehead atoms. The van der Waals surface area contributed by atoms with Gasteiger partial charge in [0.2, 0.25) is 0 Å². The van der Waals surface area contributed by atoms with E-state index in [1.165, 1.54) is 0 Å². The maximum atomic E-state index is 13.3. The summed E-state index contributed by atoms with van der Waals surface area (Å²) in [5.74, 6) is -0.711. The number of aryl methyl sites for hydroxylation is 1. The van der Waals surface area contributed by atoms with Gasteiger partial charge in [0.15, 0.2) is 0 Å². The number of aromatic nitrogens is 1. The van der Waals surface area contributed by atoms with Crippen LogP contribution in [0.1, 0.15) is 17.5 Å². The van der Waals surface area contributed by atoms with Crippen LogP contribution in [0.15, 0.2) is 89.0 Å². The number of nitrogens with zero attached hydrogens (tertiary/aromatic N) is 2. The quantitative estimate of drug-likeness (QED) is 0.150. The van der Waals surface area contributed by atoms with Gasteiger partial charge in [-0.2, -0.15) is 0 Å². The zero-order chi connectivity index (χ0) is 26.6. The minimum absolute atomic E-state index is 0.0644. The average Bonchev–Trinajstić information content (AvgIpc) is 3.24. The normalized spacial score (nSPS) is 14.8. The van der Waals surface area contributed by atoms with Crippen molar-refractivity contribution in [1.29, 1.82) is 0 Å². The van der Waals surface area contributed by atoms with Crippen LogP contribution in [0.4, 0.5) is 4.79 Å². The number of barbiturate groups is 1. The smallest absolute Gasteiger partial charge is 0.331 e. The first-order chi connectivity index (χ1) is 18.4. The standard InChI is InChI=1S/C29H23BrClN3O4/c30-21-11-12-25-22(16-21)20(18-33(25)13-6-14-38-26-10-5-4-9-24(26)31)15-23-27(35)32-29(37)34(28(23)36)17-19-7-2-1-3-8-19/h1-5,7-12,15-16,18H,6,13-14,17H2,(H,32,35,37)/b23-15+. The average molecular weight is 593 g/mol. The predicted molar refractivity (Wildman–Crippen MR) is 150 cm³/mol. The van der Waals surface area contributed by atoms with Gasteiger partial charge in [-0.1, -0.05) is 70.0 Å². The number of ether oxygens (including phenoxy) is 1. The van der Waals surface area contributed by atoms with Crippen molar-refractivity contribution in [1.82, 2.24) is 14.8 Å². The van der Waals surface area contributed by atoms with E-state index in [0.717, 1.165) is 25.8 Å². The van der Waals surface area contributed by atoms with Crippen LogP contribution in [0.25, 0.3) is 17.0 Å². The predicted octanol–water partition coefficient (Wildman–Crippen LogP) is 6.19. The van der Waals surface area contributed by atoms with Crippen LogP contribution in [0, 0.1) is 0 Å². The van der Waals surface area contributed by atoms with Gasteiger partial charge in [-0.05, 0) is 48.4 Å². The molecule has 9 heteroatoms. The summed E-state index contributed by atoms with van der Waals surface area (Å²) in [5.41, 5.74) is 2.32. The third-order valence-electron chi connectivity index (χ3n) is 6.18. The Morgan fingerprint density at radius 1 is 0.974 bits per heavy atom. The molecule has 1 N–H and O–H groups in total. The maximum Gasteiger partial charge on any atom is 0.331 e. The van der Waals surface area contributed by atoms with Crippen LogP contribution in [0.2, 0.25) is 5.02 Å². The molecule has 192 valence electrons. The number of halogens is 2. The molecule has 2 heterocycles.